The van der Waals surface area contributed by atoms with E-state index in [1.165, 1.54) is 22.3 Å². The van der Waals surface area contributed by atoms with Gasteiger partial charge in [0.15, 0.2) is 8.32 Å². The molecule has 1 aliphatic carbocycles. The Morgan fingerprint density at radius 1 is 1.12 bits per heavy atom. The zero-order chi connectivity index (χ0) is 11.9. The van der Waals surface area contributed by atoms with Gasteiger partial charge < -0.3 is 4.43 Å². The molecule has 1 aliphatic rings. The van der Waals surface area contributed by atoms with Crippen LogP contribution < -0.4 is 0 Å². The van der Waals surface area contributed by atoms with Crippen molar-refractivity contribution in [3.05, 3.63) is 40.5 Å². The summed E-state index contributed by atoms with van der Waals surface area (Å²) in [7, 11) is -1.49. The van der Waals surface area contributed by atoms with Crippen molar-refractivity contribution in [2.24, 2.45) is 0 Å². The van der Waals surface area contributed by atoms with Gasteiger partial charge >= 0.3 is 0 Å². The fraction of sp³-hybridized carbons (Fsp3) is 0.429. The Hall–Kier alpha value is -0.863. The second-order valence-corrected chi connectivity index (χ2v) is 10.1. The molecule has 86 valence electrons. The molecule has 0 fully saturated rings. The molecule has 1 nitrogen and oxygen atoms in total. The molecular formula is C14H20OSi. The van der Waals surface area contributed by atoms with Crippen molar-refractivity contribution in [1.29, 1.82) is 0 Å². The third-order valence-electron chi connectivity index (χ3n) is 2.79. The van der Waals surface area contributed by atoms with E-state index in [9.17, 15) is 0 Å². The van der Waals surface area contributed by atoms with Crippen molar-refractivity contribution in [3.8, 4) is 0 Å². The minimum atomic E-state index is -1.49. The third kappa shape index (κ3) is 2.28. The monoisotopic (exact) mass is 232 g/mol. The highest BCUT2D eigenvalue weighted by molar-refractivity contribution is 6.69. The number of hydrogen-bond acceptors (Lipinski definition) is 1. The van der Waals surface area contributed by atoms with Gasteiger partial charge in [0.2, 0.25) is 0 Å². The second-order valence-electron chi connectivity index (χ2n) is 5.63. The summed E-state index contributed by atoms with van der Waals surface area (Å²) in [6.45, 7) is 11.0. The van der Waals surface area contributed by atoms with Crippen LogP contribution in [-0.2, 0) is 4.43 Å². The van der Waals surface area contributed by atoms with Crippen LogP contribution in [0.5, 0.6) is 0 Å². The molecule has 16 heavy (non-hydrogen) atoms. The molecule has 0 saturated carbocycles. The Bertz CT molecular complexity index is 441. The van der Waals surface area contributed by atoms with Crippen LogP contribution in [-0.4, -0.2) is 8.32 Å². The molecule has 0 N–H and O–H groups in total. The van der Waals surface area contributed by atoms with Crippen LogP contribution in [0.4, 0.5) is 0 Å². The normalized spacial score (nSPS) is 19.6. The molecule has 0 amide bonds. The van der Waals surface area contributed by atoms with Crippen LogP contribution in [0.15, 0.2) is 23.8 Å². The first kappa shape index (κ1) is 11.6. The quantitative estimate of drug-likeness (QED) is 0.691. The highest BCUT2D eigenvalue weighted by Crippen LogP contribution is 2.38. The lowest BCUT2D eigenvalue weighted by Gasteiger charge is -2.25. The summed E-state index contributed by atoms with van der Waals surface area (Å²) in [5.74, 6) is 0. The van der Waals surface area contributed by atoms with E-state index in [2.05, 4.69) is 57.8 Å². The predicted molar refractivity (Wildman–Crippen MR) is 72.0 cm³/mol. The molecule has 0 radical (unpaired) electrons. The van der Waals surface area contributed by atoms with Gasteiger partial charge in [0.1, 0.15) is 0 Å². The summed E-state index contributed by atoms with van der Waals surface area (Å²) in [6, 6.07) is 6.62. The van der Waals surface area contributed by atoms with E-state index in [1.54, 1.807) is 0 Å². The van der Waals surface area contributed by atoms with Gasteiger partial charge in [-0.15, -0.1) is 0 Å². The van der Waals surface area contributed by atoms with Gasteiger partial charge in [-0.1, -0.05) is 29.8 Å². The van der Waals surface area contributed by atoms with E-state index in [-0.39, 0.29) is 6.10 Å². The van der Waals surface area contributed by atoms with Crippen molar-refractivity contribution in [1.82, 2.24) is 0 Å². The third-order valence-corrected chi connectivity index (χ3v) is 3.74. The highest BCUT2D eigenvalue weighted by Gasteiger charge is 2.28. The number of aryl methyl sites for hydroxylation is 1. The Morgan fingerprint density at radius 2 is 1.81 bits per heavy atom. The molecule has 2 rings (SSSR count). The van der Waals surface area contributed by atoms with Gasteiger partial charge in [-0.25, -0.2) is 0 Å². The fourth-order valence-corrected chi connectivity index (χ4v) is 3.15. The van der Waals surface area contributed by atoms with Crippen molar-refractivity contribution < 1.29 is 4.43 Å². The van der Waals surface area contributed by atoms with E-state index in [0.29, 0.717) is 0 Å². The minimum Gasteiger partial charge on any atom is -0.407 e. The molecule has 0 saturated heterocycles. The summed E-state index contributed by atoms with van der Waals surface area (Å²) in [5, 5.41) is 0. The molecule has 0 spiro atoms. The van der Waals surface area contributed by atoms with Gasteiger partial charge in [-0.05, 0) is 50.2 Å². The average Bonchev–Trinajstić information content (AvgIpc) is 2.42. The maximum absolute atomic E-state index is 6.26. The Morgan fingerprint density at radius 3 is 2.44 bits per heavy atom. The first-order valence-corrected chi connectivity index (χ1v) is 9.24. The first-order valence-electron chi connectivity index (χ1n) is 5.83. The van der Waals surface area contributed by atoms with E-state index in [1.807, 2.05) is 0 Å². The van der Waals surface area contributed by atoms with Crippen LogP contribution in [0.25, 0.3) is 6.08 Å². The summed E-state index contributed by atoms with van der Waals surface area (Å²) in [4.78, 5) is 0. The maximum Gasteiger partial charge on any atom is 0.185 e. The second kappa shape index (κ2) is 3.86. The number of fused-ring (bicyclic) bond motifs is 1. The van der Waals surface area contributed by atoms with Gasteiger partial charge in [-0.2, -0.15) is 0 Å². The maximum atomic E-state index is 6.26. The molecule has 0 aromatic heterocycles. The van der Waals surface area contributed by atoms with Crippen LogP contribution in [0.1, 0.15) is 29.7 Å². The molecule has 0 heterocycles. The summed E-state index contributed by atoms with van der Waals surface area (Å²) in [5.41, 5.74) is 5.32. The lowest BCUT2D eigenvalue weighted by atomic mass is 10.0. The molecule has 1 unspecified atom stereocenters. The predicted octanol–water partition coefficient (Wildman–Crippen LogP) is 4.30. The Kier molecular flexibility index (Phi) is 2.80. The SMILES string of the molecule is CC1=Cc2ccc(C)cc2C1O[Si](C)(C)C. The topological polar surface area (TPSA) is 9.23 Å². The van der Waals surface area contributed by atoms with Crippen LogP contribution in [0, 0.1) is 6.92 Å². The zero-order valence-electron chi connectivity index (χ0n) is 10.8. The lowest BCUT2D eigenvalue weighted by molar-refractivity contribution is 0.239. The highest BCUT2D eigenvalue weighted by atomic mass is 28.4. The van der Waals surface area contributed by atoms with Crippen molar-refractivity contribution in [2.75, 3.05) is 0 Å². The van der Waals surface area contributed by atoms with Gasteiger partial charge in [0.25, 0.3) is 0 Å². The van der Waals surface area contributed by atoms with Crippen molar-refractivity contribution in [2.45, 2.75) is 39.6 Å². The molecule has 1 atom stereocenters. The van der Waals surface area contributed by atoms with E-state index < -0.39 is 8.32 Å². The van der Waals surface area contributed by atoms with Crippen LogP contribution in [0.3, 0.4) is 0 Å². The summed E-state index contributed by atoms with van der Waals surface area (Å²) < 4.78 is 6.26. The van der Waals surface area contributed by atoms with Crippen LogP contribution in [0.2, 0.25) is 19.6 Å². The van der Waals surface area contributed by atoms with Gasteiger partial charge in [0, 0.05) is 0 Å². The van der Waals surface area contributed by atoms with Crippen molar-refractivity contribution in [3.63, 3.8) is 0 Å². The zero-order valence-corrected chi connectivity index (χ0v) is 11.8. The molecule has 1 aromatic rings. The largest absolute Gasteiger partial charge is 0.407 e. The number of rotatable bonds is 2. The van der Waals surface area contributed by atoms with E-state index in [0.717, 1.165) is 0 Å². The van der Waals surface area contributed by atoms with E-state index in [4.69, 9.17) is 4.43 Å². The van der Waals surface area contributed by atoms with Crippen LogP contribution >= 0.6 is 0 Å². The molecular weight excluding hydrogens is 212 g/mol. The summed E-state index contributed by atoms with van der Waals surface area (Å²) >= 11 is 0. The smallest absolute Gasteiger partial charge is 0.185 e. The number of hydrogen-bond donors (Lipinski definition) is 0. The molecule has 0 aliphatic heterocycles. The lowest BCUT2D eigenvalue weighted by Crippen LogP contribution is -2.27. The average molecular weight is 232 g/mol. The van der Waals surface area contributed by atoms with Gasteiger partial charge in [-0.3, -0.25) is 0 Å². The fourth-order valence-electron chi connectivity index (χ4n) is 2.13. The van der Waals surface area contributed by atoms with Gasteiger partial charge in [0.05, 0.1) is 6.10 Å². The van der Waals surface area contributed by atoms with E-state index >= 15 is 0 Å². The Labute approximate surface area is 99.3 Å². The number of benzene rings is 1. The summed E-state index contributed by atoms with van der Waals surface area (Å²) in [6.07, 6.45) is 2.45. The molecule has 2 heteroatoms. The first-order chi connectivity index (χ1) is 7.37. The standard InChI is InChI=1S/C14H20OSi/c1-10-6-7-12-9-11(2)14(13(12)8-10)15-16(3,4)5/h6-9,14H,1-5H3. The molecule has 0 bridgehead atoms. The Balaban J connectivity index is 2.36. The minimum absolute atomic E-state index is 0.196. The molecule has 1 aromatic carbocycles. The van der Waals surface area contributed by atoms with Crippen molar-refractivity contribution >= 4 is 14.4 Å².